The summed E-state index contributed by atoms with van der Waals surface area (Å²) in [5.41, 5.74) is 0.507. The third-order valence-electron chi connectivity index (χ3n) is 3.64. The highest BCUT2D eigenvalue weighted by Gasteiger charge is 2.43. The maximum absolute atomic E-state index is 5.35. The summed E-state index contributed by atoms with van der Waals surface area (Å²) in [4.78, 5) is 0. The SMILES string of the molecule is COC[C@@]12CCCC[C@@H]1CNC2. The average Bonchev–Trinajstić information content (AvgIpc) is 2.48. The van der Waals surface area contributed by atoms with E-state index in [0.717, 1.165) is 12.5 Å². The highest BCUT2D eigenvalue weighted by Crippen LogP contribution is 2.43. The summed E-state index contributed by atoms with van der Waals surface area (Å²) >= 11 is 0. The number of rotatable bonds is 2. The van der Waals surface area contributed by atoms with Gasteiger partial charge in [-0.15, -0.1) is 0 Å². The molecule has 2 nitrogen and oxygen atoms in total. The molecule has 0 radical (unpaired) electrons. The van der Waals surface area contributed by atoms with Crippen LogP contribution >= 0.6 is 0 Å². The fraction of sp³-hybridized carbons (Fsp3) is 1.00. The summed E-state index contributed by atoms with van der Waals surface area (Å²) in [6, 6.07) is 0. The Hall–Kier alpha value is -0.0800. The molecule has 1 saturated carbocycles. The van der Waals surface area contributed by atoms with Gasteiger partial charge in [0.05, 0.1) is 6.61 Å². The van der Waals surface area contributed by atoms with Crippen molar-refractivity contribution in [3.8, 4) is 0 Å². The van der Waals surface area contributed by atoms with Crippen LogP contribution in [0.1, 0.15) is 25.7 Å². The highest BCUT2D eigenvalue weighted by molar-refractivity contribution is 4.97. The first-order valence-corrected chi connectivity index (χ1v) is 5.07. The van der Waals surface area contributed by atoms with Crippen LogP contribution in [0.15, 0.2) is 0 Å². The van der Waals surface area contributed by atoms with Crippen molar-refractivity contribution in [2.24, 2.45) is 11.3 Å². The molecule has 0 aromatic rings. The van der Waals surface area contributed by atoms with Crippen molar-refractivity contribution >= 4 is 0 Å². The molecule has 2 aliphatic rings. The molecule has 1 aliphatic carbocycles. The van der Waals surface area contributed by atoms with Gasteiger partial charge in [0.2, 0.25) is 0 Å². The molecule has 0 aromatic heterocycles. The first-order chi connectivity index (χ1) is 5.87. The monoisotopic (exact) mass is 169 g/mol. The van der Waals surface area contributed by atoms with Crippen LogP contribution in [0, 0.1) is 11.3 Å². The normalized spacial score (nSPS) is 41.2. The minimum atomic E-state index is 0.507. The molecule has 12 heavy (non-hydrogen) atoms. The Kier molecular flexibility index (Phi) is 2.37. The highest BCUT2D eigenvalue weighted by atomic mass is 16.5. The third kappa shape index (κ3) is 1.27. The molecular formula is C10H19NO. The molecule has 1 saturated heterocycles. The lowest BCUT2D eigenvalue weighted by atomic mass is 9.69. The lowest BCUT2D eigenvalue weighted by molar-refractivity contribution is 0.0331. The van der Waals surface area contributed by atoms with Crippen molar-refractivity contribution < 1.29 is 4.74 Å². The smallest absolute Gasteiger partial charge is 0.0533 e. The van der Waals surface area contributed by atoms with E-state index in [1.54, 1.807) is 0 Å². The Morgan fingerprint density at radius 3 is 3.25 bits per heavy atom. The van der Waals surface area contributed by atoms with Gasteiger partial charge in [0, 0.05) is 19.1 Å². The van der Waals surface area contributed by atoms with Gasteiger partial charge in [-0.1, -0.05) is 12.8 Å². The molecule has 70 valence electrons. The lowest BCUT2D eigenvalue weighted by Gasteiger charge is -2.37. The van der Waals surface area contributed by atoms with Crippen molar-refractivity contribution in [2.75, 3.05) is 26.8 Å². The number of methoxy groups -OCH3 is 1. The van der Waals surface area contributed by atoms with Crippen LogP contribution in [0.4, 0.5) is 0 Å². The van der Waals surface area contributed by atoms with E-state index in [1.807, 2.05) is 7.11 Å². The number of fused-ring (bicyclic) bond motifs is 1. The van der Waals surface area contributed by atoms with E-state index in [9.17, 15) is 0 Å². The summed E-state index contributed by atoms with van der Waals surface area (Å²) in [5, 5.41) is 3.51. The summed E-state index contributed by atoms with van der Waals surface area (Å²) < 4.78 is 5.35. The first-order valence-electron chi connectivity index (χ1n) is 5.07. The molecule has 2 rings (SSSR count). The zero-order valence-electron chi connectivity index (χ0n) is 7.94. The van der Waals surface area contributed by atoms with E-state index in [4.69, 9.17) is 4.74 Å². The van der Waals surface area contributed by atoms with E-state index in [1.165, 1.54) is 38.8 Å². The molecule has 1 N–H and O–H groups in total. The second-order valence-corrected chi connectivity index (χ2v) is 4.37. The molecule has 0 bridgehead atoms. The van der Waals surface area contributed by atoms with E-state index in [-0.39, 0.29) is 0 Å². The Balaban J connectivity index is 2.06. The molecule has 1 heterocycles. The van der Waals surface area contributed by atoms with Crippen molar-refractivity contribution in [3.63, 3.8) is 0 Å². The van der Waals surface area contributed by atoms with Gasteiger partial charge in [-0.25, -0.2) is 0 Å². The number of ether oxygens (including phenoxy) is 1. The van der Waals surface area contributed by atoms with Crippen molar-refractivity contribution in [1.29, 1.82) is 0 Å². The molecule has 2 atom stereocenters. The second-order valence-electron chi connectivity index (χ2n) is 4.37. The molecule has 2 fully saturated rings. The number of nitrogens with one attached hydrogen (secondary N) is 1. The molecule has 0 spiro atoms. The van der Waals surface area contributed by atoms with Crippen LogP contribution in [0.25, 0.3) is 0 Å². The fourth-order valence-electron chi connectivity index (χ4n) is 2.95. The Labute approximate surface area is 74.7 Å². The number of hydrogen-bond acceptors (Lipinski definition) is 2. The Morgan fingerprint density at radius 2 is 2.42 bits per heavy atom. The van der Waals surface area contributed by atoms with E-state index in [0.29, 0.717) is 5.41 Å². The molecular weight excluding hydrogens is 150 g/mol. The van der Waals surface area contributed by atoms with Gasteiger partial charge >= 0.3 is 0 Å². The van der Waals surface area contributed by atoms with Gasteiger partial charge in [0.25, 0.3) is 0 Å². The predicted octanol–water partition coefficient (Wildman–Crippen LogP) is 1.41. The lowest BCUT2D eigenvalue weighted by Crippen LogP contribution is -2.37. The van der Waals surface area contributed by atoms with Gasteiger partial charge in [-0.05, 0) is 25.3 Å². The van der Waals surface area contributed by atoms with Gasteiger partial charge < -0.3 is 10.1 Å². The zero-order chi connectivity index (χ0) is 8.44. The fourth-order valence-corrected chi connectivity index (χ4v) is 2.95. The molecule has 0 aromatic carbocycles. The molecule has 1 aliphatic heterocycles. The summed E-state index contributed by atoms with van der Waals surface area (Å²) in [5.74, 6) is 0.895. The summed E-state index contributed by atoms with van der Waals surface area (Å²) in [6.45, 7) is 3.37. The van der Waals surface area contributed by atoms with Crippen LogP contribution in [0.3, 0.4) is 0 Å². The summed E-state index contributed by atoms with van der Waals surface area (Å²) in [6.07, 6.45) is 5.62. The quantitative estimate of drug-likeness (QED) is 0.675. The maximum Gasteiger partial charge on any atom is 0.0533 e. The van der Waals surface area contributed by atoms with Gasteiger partial charge in [0.1, 0.15) is 0 Å². The van der Waals surface area contributed by atoms with Gasteiger partial charge in [0.15, 0.2) is 0 Å². The van der Waals surface area contributed by atoms with Crippen LogP contribution in [0.2, 0.25) is 0 Å². The van der Waals surface area contributed by atoms with Crippen molar-refractivity contribution in [1.82, 2.24) is 5.32 Å². The summed E-state index contributed by atoms with van der Waals surface area (Å²) in [7, 11) is 1.83. The third-order valence-corrected chi connectivity index (χ3v) is 3.64. The average molecular weight is 169 g/mol. The van der Waals surface area contributed by atoms with Crippen molar-refractivity contribution in [2.45, 2.75) is 25.7 Å². The molecule has 2 heteroatoms. The van der Waals surface area contributed by atoms with Gasteiger partial charge in [-0.3, -0.25) is 0 Å². The maximum atomic E-state index is 5.35. The van der Waals surface area contributed by atoms with Crippen LogP contribution in [0.5, 0.6) is 0 Å². The van der Waals surface area contributed by atoms with E-state index in [2.05, 4.69) is 5.32 Å². The zero-order valence-corrected chi connectivity index (χ0v) is 7.94. The topological polar surface area (TPSA) is 21.3 Å². The first kappa shape index (κ1) is 8.52. The van der Waals surface area contributed by atoms with Crippen LogP contribution in [-0.2, 0) is 4.74 Å². The molecule has 0 unspecified atom stereocenters. The second kappa shape index (κ2) is 3.35. The van der Waals surface area contributed by atoms with Crippen molar-refractivity contribution in [3.05, 3.63) is 0 Å². The minimum absolute atomic E-state index is 0.507. The van der Waals surface area contributed by atoms with E-state index < -0.39 is 0 Å². The minimum Gasteiger partial charge on any atom is -0.384 e. The van der Waals surface area contributed by atoms with Crippen LogP contribution < -0.4 is 5.32 Å². The largest absolute Gasteiger partial charge is 0.384 e. The Morgan fingerprint density at radius 1 is 1.50 bits per heavy atom. The molecule has 0 amide bonds. The van der Waals surface area contributed by atoms with Crippen LogP contribution in [-0.4, -0.2) is 26.8 Å². The Bertz CT molecular complexity index is 156. The standard InChI is InChI=1S/C10H19NO/c1-12-8-10-5-3-2-4-9(10)6-11-7-10/h9,11H,2-8H2,1H3/t9-,10+/m1/s1. The van der Waals surface area contributed by atoms with Gasteiger partial charge in [-0.2, -0.15) is 0 Å². The predicted molar refractivity (Wildman–Crippen MR) is 49.1 cm³/mol. The number of hydrogen-bond donors (Lipinski definition) is 1. The van der Waals surface area contributed by atoms with E-state index >= 15 is 0 Å².